The SMILES string of the molecule is CNC(COc1ccc(F)cc1)c1c(C)cc(C)cc1C. The second-order valence-corrected chi connectivity index (χ2v) is 5.42. The maximum Gasteiger partial charge on any atom is 0.123 e. The molecule has 0 radical (unpaired) electrons. The molecule has 2 nitrogen and oxygen atoms in total. The molecule has 0 saturated carbocycles. The van der Waals surface area contributed by atoms with Gasteiger partial charge in [0.15, 0.2) is 0 Å². The van der Waals surface area contributed by atoms with E-state index >= 15 is 0 Å². The van der Waals surface area contributed by atoms with Crippen LogP contribution in [-0.4, -0.2) is 13.7 Å². The highest BCUT2D eigenvalue weighted by Crippen LogP contribution is 2.24. The summed E-state index contributed by atoms with van der Waals surface area (Å²) in [6, 6.07) is 10.6. The minimum Gasteiger partial charge on any atom is -0.492 e. The van der Waals surface area contributed by atoms with Gasteiger partial charge in [0.2, 0.25) is 0 Å². The topological polar surface area (TPSA) is 21.3 Å². The van der Waals surface area contributed by atoms with Crippen molar-refractivity contribution in [3.63, 3.8) is 0 Å². The van der Waals surface area contributed by atoms with E-state index < -0.39 is 0 Å². The Kier molecular flexibility index (Phi) is 4.97. The molecule has 0 aliphatic heterocycles. The Morgan fingerprint density at radius 3 is 2.14 bits per heavy atom. The van der Waals surface area contributed by atoms with Crippen LogP contribution in [0, 0.1) is 26.6 Å². The lowest BCUT2D eigenvalue weighted by atomic mass is 9.94. The van der Waals surface area contributed by atoms with Crippen molar-refractivity contribution in [2.75, 3.05) is 13.7 Å². The first kappa shape index (κ1) is 15.5. The van der Waals surface area contributed by atoms with Crippen molar-refractivity contribution in [1.82, 2.24) is 5.32 Å². The molecule has 1 N–H and O–H groups in total. The summed E-state index contributed by atoms with van der Waals surface area (Å²) >= 11 is 0. The monoisotopic (exact) mass is 287 g/mol. The van der Waals surface area contributed by atoms with Crippen LogP contribution in [0.25, 0.3) is 0 Å². The summed E-state index contributed by atoms with van der Waals surface area (Å²) < 4.78 is 18.7. The van der Waals surface area contributed by atoms with Gasteiger partial charge in [0.05, 0.1) is 6.04 Å². The highest BCUT2D eigenvalue weighted by Gasteiger charge is 2.15. The van der Waals surface area contributed by atoms with Gasteiger partial charge in [-0.15, -0.1) is 0 Å². The highest BCUT2D eigenvalue weighted by molar-refractivity contribution is 5.40. The van der Waals surface area contributed by atoms with E-state index in [0.29, 0.717) is 12.4 Å². The quantitative estimate of drug-likeness (QED) is 0.894. The average molecular weight is 287 g/mol. The third-order valence-electron chi connectivity index (χ3n) is 3.67. The molecule has 0 fully saturated rings. The van der Waals surface area contributed by atoms with E-state index in [1.165, 1.54) is 34.4 Å². The van der Waals surface area contributed by atoms with E-state index in [2.05, 4.69) is 38.2 Å². The number of rotatable bonds is 5. The molecule has 0 aromatic heterocycles. The smallest absolute Gasteiger partial charge is 0.123 e. The van der Waals surface area contributed by atoms with Crippen LogP contribution in [0.1, 0.15) is 28.3 Å². The fraction of sp³-hybridized carbons (Fsp3) is 0.333. The number of likely N-dealkylation sites (N-methyl/N-ethyl adjacent to an activating group) is 1. The Morgan fingerprint density at radius 1 is 1.05 bits per heavy atom. The van der Waals surface area contributed by atoms with Crippen molar-refractivity contribution in [2.45, 2.75) is 26.8 Å². The van der Waals surface area contributed by atoms with Crippen molar-refractivity contribution < 1.29 is 9.13 Å². The summed E-state index contributed by atoms with van der Waals surface area (Å²) in [6.07, 6.45) is 0. The first-order valence-electron chi connectivity index (χ1n) is 7.14. The van der Waals surface area contributed by atoms with Crippen molar-refractivity contribution in [1.29, 1.82) is 0 Å². The summed E-state index contributed by atoms with van der Waals surface area (Å²) in [5, 5.41) is 3.30. The van der Waals surface area contributed by atoms with Crippen LogP contribution in [-0.2, 0) is 0 Å². The Balaban J connectivity index is 2.15. The molecule has 2 aromatic carbocycles. The highest BCUT2D eigenvalue weighted by atomic mass is 19.1. The van der Waals surface area contributed by atoms with Crippen LogP contribution >= 0.6 is 0 Å². The van der Waals surface area contributed by atoms with E-state index in [4.69, 9.17) is 4.74 Å². The maximum absolute atomic E-state index is 12.9. The molecule has 0 amide bonds. The number of hydrogen-bond acceptors (Lipinski definition) is 2. The number of benzene rings is 2. The second kappa shape index (κ2) is 6.72. The number of ether oxygens (including phenoxy) is 1. The van der Waals surface area contributed by atoms with Crippen LogP contribution in [0.15, 0.2) is 36.4 Å². The van der Waals surface area contributed by atoms with Crippen LogP contribution in [0.2, 0.25) is 0 Å². The van der Waals surface area contributed by atoms with Crippen molar-refractivity contribution in [3.8, 4) is 5.75 Å². The molecule has 0 aliphatic carbocycles. The molecule has 1 atom stereocenters. The first-order chi connectivity index (χ1) is 10.0. The summed E-state index contributed by atoms with van der Waals surface area (Å²) in [6.45, 7) is 6.86. The summed E-state index contributed by atoms with van der Waals surface area (Å²) in [5.74, 6) is 0.428. The Hall–Kier alpha value is -1.87. The van der Waals surface area contributed by atoms with Crippen LogP contribution in [0.4, 0.5) is 4.39 Å². The van der Waals surface area contributed by atoms with Crippen molar-refractivity contribution in [3.05, 3.63) is 64.5 Å². The van der Waals surface area contributed by atoms with Gasteiger partial charge in [0.1, 0.15) is 18.2 Å². The Labute approximate surface area is 126 Å². The fourth-order valence-corrected chi connectivity index (χ4v) is 2.76. The molecule has 1 unspecified atom stereocenters. The third kappa shape index (κ3) is 3.82. The molecule has 0 spiro atoms. The first-order valence-corrected chi connectivity index (χ1v) is 7.14. The van der Waals surface area contributed by atoms with Crippen molar-refractivity contribution in [2.24, 2.45) is 0 Å². The molecule has 0 heterocycles. The normalized spacial score (nSPS) is 12.2. The molecule has 0 saturated heterocycles. The van der Waals surface area contributed by atoms with Gasteiger partial charge < -0.3 is 10.1 Å². The van der Waals surface area contributed by atoms with Gasteiger partial charge in [-0.25, -0.2) is 4.39 Å². The summed E-state index contributed by atoms with van der Waals surface area (Å²) in [4.78, 5) is 0. The lowest BCUT2D eigenvalue weighted by Gasteiger charge is -2.22. The zero-order valence-electron chi connectivity index (χ0n) is 13.0. The molecular formula is C18H22FNO. The standard InChI is InChI=1S/C18H22FNO/c1-12-9-13(2)18(14(3)10-12)17(20-4)11-21-16-7-5-15(19)6-8-16/h5-10,17,20H,11H2,1-4H3. The van der Waals surface area contributed by atoms with Crippen LogP contribution in [0.3, 0.4) is 0 Å². The predicted molar refractivity (Wildman–Crippen MR) is 84.3 cm³/mol. The Bertz CT molecular complexity index is 584. The molecule has 21 heavy (non-hydrogen) atoms. The number of hydrogen-bond donors (Lipinski definition) is 1. The van der Waals surface area contributed by atoms with E-state index in [9.17, 15) is 4.39 Å². The number of aryl methyl sites for hydroxylation is 3. The maximum atomic E-state index is 12.9. The molecule has 112 valence electrons. The minimum absolute atomic E-state index is 0.107. The largest absolute Gasteiger partial charge is 0.492 e. The van der Waals surface area contributed by atoms with E-state index in [1.54, 1.807) is 12.1 Å². The second-order valence-electron chi connectivity index (χ2n) is 5.42. The van der Waals surface area contributed by atoms with Crippen LogP contribution in [0.5, 0.6) is 5.75 Å². The van der Waals surface area contributed by atoms with E-state index in [0.717, 1.165) is 0 Å². The van der Waals surface area contributed by atoms with Gasteiger partial charge >= 0.3 is 0 Å². The van der Waals surface area contributed by atoms with E-state index in [1.807, 2.05) is 7.05 Å². The molecule has 2 rings (SSSR count). The van der Waals surface area contributed by atoms with Crippen molar-refractivity contribution >= 4 is 0 Å². The van der Waals surface area contributed by atoms with Gasteiger partial charge in [0.25, 0.3) is 0 Å². The van der Waals surface area contributed by atoms with Gasteiger partial charge in [-0.3, -0.25) is 0 Å². The number of halogens is 1. The zero-order valence-corrected chi connectivity index (χ0v) is 13.0. The van der Waals surface area contributed by atoms with Crippen LogP contribution < -0.4 is 10.1 Å². The molecular weight excluding hydrogens is 265 g/mol. The van der Waals surface area contributed by atoms with Gasteiger partial charge in [-0.1, -0.05) is 17.7 Å². The van der Waals surface area contributed by atoms with Gasteiger partial charge in [-0.05, 0) is 68.8 Å². The fourth-order valence-electron chi connectivity index (χ4n) is 2.76. The Morgan fingerprint density at radius 2 is 1.62 bits per heavy atom. The van der Waals surface area contributed by atoms with E-state index in [-0.39, 0.29) is 11.9 Å². The zero-order chi connectivity index (χ0) is 15.4. The molecule has 0 aliphatic rings. The molecule has 2 aromatic rings. The third-order valence-corrected chi connectivity index (χ3v) is 3.67. The average Bonchev–Trinajstić information content (AvgIpc) is 2.43. The number of nitrogens with one attached hydrogen (secondary N) is 1. The molecule has 3 heteroatoms. The van der Waals surface area contributed by atoms with Gasteiger partial charge in [0, 0.05) is 0 Å². The lowest BCUT2D eigenvalue weighted by Crippen LogP contribution is -2.25. The summed E-state index contributed by atoms with van der Waals surface area (Å²) in [7, 11) is 1.93. The molecule has 0 bridgehead atoms. The van der Waals surface area contributed by atoms with Gasteiger partial charge in [-0.2, -0.15) is 0 Å². The lowest BCUT2D eigenvalue weighted by molar-refractivity contribution is 0.272. The predicted octanol–water partition coefficient (Wildman–Crippen LogP) is 4.09. The minimum atomic E-state index is -0.252. The summed E-state index contributed by atoms with van der Waals surface area (Å²) in [5.41, 5.74) is 5.05.